The average molecular weight is 440 g/mol. The minimum Gasteiger partial charge on any atom is -0.384 e. The maximum absolute atomic E-state index is 12.1. The number of hydrogen-bond acceptors (Lipinski definition) is 5. The monoisotopic (exact) mass is 439 g/mol. The molecule has 3 rings (SSSR count). The van der Waals surface area contributed by atoms with Gasteiger partial charge in [-0.3, -0.25) is 4.72 Å². The van der Waals surface area contributed by atoms with Gasteiger partial charge in [0.1, 0.15) is 11.9 Å². The van der Waals surface area contributed by atoms with E-state index in [4.69, 9.17) is 0 Å². The molecule has 0 amide bonds. The molecule has 0 radical (unpaired) electrons. The summed E-state index contributed by atoms with van der Waals surface area (Å²) in [6, 6.07) is 5.28. The second kappa shape index (κ2) is 7.54. The normalized spacial score (nSPS) is 20.5. The first kappa shape index (κ1) is 19.1. The molecule has 140 valence electrons. The number of aliphatic hydroxyl groups excluding tert-OH is 1. The Morgan fingerprint density at radius 1 is 1.46 bits per heavy atom. The van der Waals surface area contributed by atoms with Crippen molar-refractivity contribution in [2.75, 3.05) is 10.5 Å². The molecule has 2 atom stereocenters. The number of hydrogen-bond donors (Lipinski definition) is 3. The van der Waals surface area contributed by atoms with Gasteiger partial charge in [-0.05, 0) is 42.5 Å². The van der Waals surface area contributed by atoms with Crippen LogP contribution in [0, 0.1) is 12.8 Å². The van der Waals surface area contributed by atoms with Gasteiger partial charge in [0, 0.05) is 22.8 Å². The van der Waals surface area contributed by atoms with Gasteiger partial charge in [-0.25, -0.2) is 13.4 Å². The molecule has 0 bridgehead atoms. The third-order valence-corrected chi connectivity index (χ3v) is 6.61. The summed E-state index contributed by atoms with van der Waals surface area (Å²) in [7, 11) is -3.39. The first-order valence-electron chi connectivity index (χ1n) is 8.49. The molecule has 0 saturated carbocycles. The summed E-state index contributed by atoms with van der Waals surface area (Å²) in [4.78, 5) is 4.36. The molecule has 1 aromatic carbocycles. The largest absolute Gasteiger partial charge is 0.384 e. The Balaban J connectivity index is 1.86. The van der Waals surface area contributed by atoms with Crippen LogP contribution in [-0.4, -0.2) is 25.1 Å². The van der Waals surface area contributed by atoms with Crippen LogP contribution in [0.25, 0.3) is 0 Å². The summed E-state index contributed by atoms with van der Waals surface area (Å²) < 4.78 is 27.8. The molecule has 0 aliphatic carbocycles. The maximum atomic E-state index is 12.1. The summed E-state index contributed by atoms with van der Waals surface area (Å²) in [5, 5.41) is 14.1. The smallest absolute Gasteiger partial charge is 0.232 e. The molecule has 3 N–H and O–H groups in total. The van der Waals surface area contributed by atoms with Crippen molar-refractivity contribution < 1.29 is 13.5 Å². The van der Waals surface area contributed by atoms with Crippen molar-refractivity contribution in [3.05, 3.63) is 51.8 Å². The Kier molecular flexibility index (Phi) is 5.55. The van der Waals surface area contributed by atoms with Crippen LogP contribution in [0.4, 0.5) is 5.69 Å². The Labute approximate surface area is 162 Å². The predicted molar refractivity (Wildman–Crippen MR) is 108 cm³/mol. The third kappa shape index (κ3) is 3.87. The van der Waals surface area contributed by atoms with Gasteiger partial charge in [0.05, 0.1) is 11.4 Å². The molecule has 0 fully saturated rings. The number of anilines is 1. The van der Waals surface area contributed by atoms with Crippen molar-refractivity contribution in [2.45, 2.75) is 32.8 Å². The predicted octanol–water partition coefficient (Wildman–Crippen LogP) is 3.32. The molecule has 0 saturated heterocycles. The lowest BCUT2D eigenvalue weighted by atomic mass is 9.86. The highest BCUT2D eigenvalue weighted by atomic mass is 79.9. The molecule has 0 aromatic heterocycles. The molecule has 2 aliphatic heterocycles. The van der Waals surface area contributed by atoms with Gasteiger partial charge < -0.3 is 10.4 Å². The van der Waals surface area contributed by atoms with Gasteiger partial charge in [0.2, 0.25) is 10.0 Å². The number of allylic oxidation sites excluding steroid dienone is 1. The second-order valence-electron chi connectivity index (χ2n) is 6.48. The van der Waals surface area contributed by atoms with E-state index < -0.39 is 16.1 Å². The number of amidine groups is 1. The number of nitrogens with zero attached hydrogens (tertiary/aromatic N) is 1. The molecule has 2 unspecified atom stereocenters. The lowest BCUT2D eigenvalue weighted by Gasteiger charge is -2.26. The van der Waals surface area contributed by atoms with E-state index in [-0.39, 0.29) is 11.7 Å². The molecule has 6 nitrogen and oxygen atoms in total. The molecule has 1 aromatic rings. The van der Waals surface area contributed by atoms with Gasteiger partial charge >= 0.3 is 0 Å². The fraction of sp³-hybridized carbons (Fsp3) is 0.389. The number of nitrogens with one attached hydrogen (secondary N) is 2. The SMILES string of the molecule is CCCS(=O)(=O)Nc1cccc(C(O)C2=CN=C3NC=C(Br)CC23)c1C. The molecule has 8 heteroatoms. The van der Waals surface area contributed by atoms with E-state index in [0.29, 0.717) is 23.2 Å². The fourth-order valence-corrected chi connectivity index (χ4v) is 4.86. The summed E-state index contributed by atoms with van der Waals surface area (Å²) in [6.07, 6.45) is 3.98. The molecule has 2 aliphatic rings. The zero-order valence-electron chi connectivity index (χ0n) is 14.7. The van der Waals surface area contributed by atoms with E-state index in [1.165, 1.54) is 0 Å². The summed E-state index contributed by atoms with van der Waals surface area (Å²) in [5.41, 5.74) is 2.69. The van der Waals surface area contributed by atoms with Gasteiger partial charge in [-0.15, -0.1) is 0 Å². The van der Waals surface area contributed by atoms with Crippen LogP contribution >= 0.6 is 15.9 Å². The zero-order chi connectivity index (χ0) is 18.9. The van der Waals surface area contributed by atoms with Crippen molar-refractivity contribution in [3.63, 3.8) is 0 Å². The highest BCUT2D eigenvalue weighted by molar-refractivity contribution is 9.11. The van der Waals surface area contributed by atoms with E-state index in [1.807, 2.05) is 26.1 Å². The number of fused-ring (bicyclic) bond motifs is 1. The van der Waals surface area contributed by atoms with E-state index in [9.17, 15) is 13.5 Å². The van der Waals surface area contributed by atoms with Crippen LogP contribution in [0.2, 0.25) is 0 Å². The molecule has 2 heterocycles. The summed E-state index contributed by atoms with van der Waals surface area (Å²) in [5.74, 6) is 0.874. The quantitative estimate of drug-likeness (QED) is 0.633. The van der Waals surface area contributed by atoms with Gasteiger partial charge in [-0.2, -0.15) is 0 Å². The van der Waals surface area contributed by atoms with Gasteiger partial charge in [-0.1, -0.05) is 35.0 Å². The topological polar surface area (TPSA) is 90.8 Å². The molecular weight excluding hydrogens is 418 g/mol. The number of benzene rings is 1. The van der Waals surface area contributed by atoms with E-state index in [0.717, 1.165) is 22.3 Å². The first-order chi connectivity index (χ1) is 12.3. The average Bonchev–Trinajstić information content (AvgIpc) is 2.99. The van der Waals surface area contributed by atoms with E-state index in [1.54, 1.807) is 18.3 Å². The van der Waals surface area contributed by atoms with Crippen molar-refractivity contribution in [3.8, 4) is 0 Å². The van der Waals surface area contributed by atoms with Crippen LogP contribution in [0.5, 0.6) is 0 Å². The summed E-state index contributed by atoms with van der Waals surface area (Å²) in [6.45, 7) is 3.63. The minimum absolute atomic E-state index is 0.00999. The standard InChI is InChI=1S/C18H22BrN3O3S/c1-3-7-26(24,25)22-16-6-4-5-13(11(16)2)17(23)15-10-21-18-14(15)8-12(19)9-20-18/h4-6,9-10,14,17,22-23H,3,7-8H2,1-2H3,(H,20,21). The number of aliphatic hydroxyl groups is 1. The Hall–Kier alpha value is -1.64. The van der Waals surface area contributed by atoms with Crippen LogP contribution < -0.4 is 10.0 Å². The second-order valence-corrected chi connectivity index (χ2v) is 9.34. The highest BCUT2D eigenvalue weighted by Gasteiger charge is 2.33. The number of rotatable bonds is 6. The maximum Gasteiger partial charge on any atom is 0.232 e. The van der Waals surface area contributed by atoms with Crippen LogP contribution in [0.15, 0.2) is 45.6 Å². The number of halogens is 1. The first-order valence-corrected chi connectivity index (χ1v) is 10.9. The Morgan fingerprint density at radius 2 is 2.23 bits per heavy atom. The van der Waals surface area contributed by atoms with Crippen molar-refractivity contribution in [1.82, 2.24) is 5.32 Å². The molecule has 26 heavy (non-hydrogen) atoms. The highest BCUT2D eigenvalue weighted by Crippen LogP contribution is 2.39. The van der Waals surface area contributed by atoms with Crippen LogP contribution in [-0.2, 0) is 10.0 Å². The fourth-order valence-electron chi connectivity index (χ4n) is 3.23. The Morgan fingerprint density at radius 3 is 2.96 bits per heavy atom. The van der Waals surface area contributed by atoms with Crippen LogP contribution in [0.1, 0.15) is 37.0 Å². The third-order valence-electron chi connectivity index (χ3n) is 4.59. The lowest BCUT2D eigenvalue weighted by Crippen LogP contribution is -2.31. The number of sulfonamides is 1. The van der Waals surface area contributed by atoms with Crippen molar-refractivity contribution >= 4 is 37.5 Å². The van der Waals surface area contributed by atoms with Crippen molar-refractivity contribution in [1.29, 1.82) is 0 Å². The zero-order valence-corrected chi connectivity index (χ0v) is 17.1. The van der Waals surface area contributed by atoms with Crippen molar-refractivity contribution in [2.24, 2.45) is 10.9 Å². The van der Waals surface area contributed by atoms with Crippen LogP contribution in [0.3, 0.4) is 0 Å². The van der Waals surface area contributed by atoms with Gasteiger partial charge in [0.15, 0.2) is 0 Å². The number of aliphatic imine (C=N–C) groups is 1. The van der Waals surface area contributed by atoms with E-state index >= 15 is 0 Å². The Bertz CT molecular complexity index is 906. The molecular formula is C18H22BrN3O3S. The van der Waals surface area contributed by atoms with Gasteiger partial charge in [0.25, 0.3) is 0 Å². The minimum atomic E-state index is -3.39. The molecule has 0 spiro atoms. The summed E-state index contributed by atoms with van der Waals surface area (Å²) >= 11 is 3.49. The lowest BCUT2D eigenvalue weighted by molar-refractivity contribution is 0.206. The van der Waals surface area contributed by atoms with E-state index in [2.05, 4.69) is 31.0 Å².